The third-order valence-electron chi connectivity index (χ3n) is 2.68. The molecule has 94 valence electrons. The van der Waals surface area contributed by atoms with E-state index in [0.717, 1.165) is 17.1 Å². The first-order chi connectivity index (χ1) is 8.83. The largest absolute Gasteiger partial charge is 0.486 e. The zero-order valence-corrected chi connectivity index (χ0v) is 9.96. The molecule has 0 saturated heterocycles. The molecular formula is C11H13N5O2. The van der Waals surface area contributed by atoms with Crippen LogP contribution < -0.4 is 14.8 Å². The Labute approximate surface area is 104 Å². The molecule has 2 aromatic rings. The highest BCUT2D eigenvalue weighted by molar-refractivity contribution is 5.44. The van der Waals surface area contributed by atoms with E-state index in [2.05, 4.69) is 20.8 Å². The number of ether oxygens (including phenoxy) is 2. The minimum atomic E-state index is 0.594. The van der Waals surface area contributed by atoms with E-state index in [0.29, 0.717) is 25.7 Å². The highest BCUT2D eigenvalue weighted by atomic mass is 16.6. The summed E-state index contributed by atoms with van der Waals surface area (Å²) < 4.78 is 12.6. The van der Waals surface area contributed by atoms with Gasteiger partial charge in [0.25, 0.3) is 0 Å². The normalized spacial score (nSPS) is 13.4. The van der Waals surface area contributed by atoms with Crippen molar-refractivity contribution in [1.29, 1.82) is 0 Å². The van der Waals surface area contributed by atoms with Gasteiger partial charge in [0.1, 0.15) is 13.2 Å². The van der Waals surface area contributed by atoms with E-state index in [1.54, 1.807) is 11.7 Å². The lowest BCUT2D eigenvalue weighted by Gasteiger charge is -2.18. The summed E-state index contributed by atoms with van der Waals surface area (Å²) in [5, 5.41) is 14.3. The lowest BCUT2D eigenvalue weighted by molar-refractivity contribution is 0.171. The molecule has 1 aromatic carbocycles. The molecule has 1 aromatic heterocycles. The first-order valence-corrected chi connectivity index (χ1v) is 5.68. The molecule has 7 nitrogen and oxygen atoms in total. The van der Waals surface area contributed by atoms with Crippen LogP contribution in [0.25, 0.3) is 0 Å². The number of anilines is 1. The van der Waals surface area contributed by atoms with Gasteiger partial charge < -0.3 is 14.8 Å². The maximum atomic E-state index is 5.53. The van der Waals surface area contributed by atoms with Gasteiger partial charge in [0.2, 0.25) is 5.95 Å². The second-order valence-corrected chi connectivity index (χ2v) is 3.96. The van der Waals surface area contributed by atoms with Gasteiger partial charge in [-0.2, -0.15) is 0 Å². The van der Waals surface area contributed by atoms with E-state index >= 15 is 0 Å². The lowest BCUT2D eigenvalue weighted by atomic mass is 10.2. The van der Waals surface area contributed by atoms with Crippen molar-refractivity contribution in [2.75, 3.05) is 18.5 Å². The van der Waals surface area contributed by atoms with Crippen molar-refractivity contribution in [2.45, 2.75) is 6.54 Å². The van der Waals surface area contributed by atoms with Gasteiger partial charge in [-0.05, 0) is 28.1 Å². The summed E-state index contributed by atoms with van der Waals surface area (Å²) in [6.45, 7) is 1.83. The van der Waals surface area contributed by atoms with Crippen LogP contribution in [0, 0.1) is 0 Å². The molecular weight excluding hydrogens is 234 g/mol. The van der Waals surface area contributed by atoms with Gasteiger partial charge >= 0.3 is 0 Å². The van der Waals surface area contributed by atoms with Crippen LogP contribution >= 0.6 is 0 Å². The number of nitrogens with zero attached hydrogens (tertiary/aromatic N) is 4. The molecule has 0 unspecified atom stereocenters. The lowest BCUT2D eigenvalue weighted by Crippen LogP contribution is -2.15. The van der Waals surface area contributed by atoms with Crippen LogP contribution in [-0.4, -0.2) is 33.4 Å². The van der Waals surface area contributed by atoms with Crippen molar-refractivity contribution in [1.82, 2.24) is 20.2 Å². The Morgan fingerprint density at radius 3 is 2.89 bits per heavy atom. The number of fused-ring (bicyclic) bond motifs is 1. The number of rotatable bonds is 3. The molecule has 0 atom stereocenters. The van der Waals surface area contributed by atoms with Crippen LogP contribution in [0.3, 0.4) is 0 Å². The molecule has 0 amide bonds. The van der Waals surface area contributed by atoms with E-state index in [1.165, 1.54) is 0 Å². The second-order valence-electron chi connectivity index (χ2n) is 3.96. The summed E-state index contributed by atoms with van der Waals surface area (Å²) in [5.74, 6) is 2.21. The predicted molar refractivity (Wildman–Crippen MR) is 63.6 cm³/mol. The fourth-order valence-electron chi connectivity index (χ4n) is 1.76. The van der Waals surface area contributed by atoms with Gasteiger partial charge in [0.15, 0.2) is 11.5 Å². The van der Waals surface area contributed by atoms with E-state index in [1.807, 2.05) is 18.2 Å². The molecule has 3 rings (SSSR count). The molecule has 0 fully saturated rings. The van der Waals surface area contributed by atoms with E-state index in [-0.39, 0.29) is 0 Å². The van der Waals surface area contributed by atoms with Gasteiger partial charge in [-0.25, -0.2) is 4.68 Å². The third kappa shape index (κ3) is 2.06. The van der Waals surface area contributed by atoms with Gasteiger partial charge in [-0.1, -0.05) is 11.2 Å². The molecule has 7 heteroatoms. The second kappa shape index (κ2) is 4.52. The maximum absolute atomic E-state index is 5.53. The van der Waals surface area contributed by atoms with Crippen molar-refractivity contribution in [3.63, 3.8) is 0 Å². The number of aromatic nitrogens is 4. The summed E-state index contributed by atoms with van der Waals surface area (Å²) >= 11 is 0. The van der Waals surface area contributed by atoms with Gasteiger partial charge in [0.05, 0.1) is 0 Å². The van der Waals surface area contributed by atoms with Crippen LogP contribution in [0.4, 0.5) is 5.95 Å². The molecule has 2 heterocycles. The van der Waals surface area contributed by atoms with Crippen LogP contribution in [0.5, 0.6) is 11.5 Å². The smallest absolute Gasteiger partial charge is 0.242 e. The Morgan fingerprint density at radius 2 is 2.11 bits per heavy atom. The predicted octanol–water partition coefficient (Wildman–Crippen LogP) is 0.593. The molecule has 18 heavy (non-hydrogen) atoms. The summed E-state index contributed by atoms with van der Waals surface area (Å²) in [5.41, 5.74) is 1.09. The van der Waals surface area contributed by atoms with Crippen LogP contribution in [-0.2, 0) is 13.6 Å². The third-order valence-corrected chi connectivity index (χ3v) is 2.68. The highest BCUT2D eigenvalue weighted by Crippen LogP contribution is 2.30. The first kappa shape index (κ1) is 10.8. The molecule has 0 aliphatic carbocycles. The van der Waals surface area contributed by atoms with Crippen molar-refractivity contribution >= 4 is 5.95 Å². The number of tetrazole rings is 1. The van der Waals surface area contributed by atoms with Crippen molar-refractivity contribution < 1.29 is 9.47 Å². The Morgan fingerprint density at radius 1 is 1.28 bits per heavy atom. The fourth-order valence-corrected chi connectivity index (χ4v) is 1.76. The Bertz CT molecular complexity index is 554. The Hall–Kier alpha value is -2.31. The maximum Gasteiger partial charge on any atom is 0.242 e. The minimum absolute atomic E-state index is 0.594. The first-order valence-electron chi connectivity index (χ1n) is 5.68. The van der Waals surface area contributed by atoms with Crippen molar-refractivity contribution in [3.8, 4) is 11.5 Å². The molecule has 0 radical (unpaired) electrons. The van der Waals surface area contributed by atoms with Crippen LogP contribution in [0.1, 0.15) is 5.56 Å². The molecule has 0 bridgehead atoms. The number of hydrogen-bond acceptors (Lipinski definition) is 6. The average Bonchev–Trinajstić information content (AvgIpc) is 2.82. The summed E-state index contributed by atoms with van der Waals surface area (Å²) in [4.78, 5) is 0. The highest BCUT2D eigenvalue weighted by Gasteiger charge is 2.11. The number of benzene rings is 1. The Balaban J connectivity index is 1.71. The monoisotopic (exact) mass is 247 g/mol. The van der Waals surface area contributed by atoms with E-state index < -0.39 is 0 Å². The van der Waals surface area contributed by atoms with E-state index in [4.69, 9.17) is 9.47 Å². The standard InChI is InChI=1S/C11H13N5O2/c1-16-11(13-14-15-16)12-7-8-2-3-9-10(6-8)18-5-4-17-9/h2-3,6H,4-5,7H2,1H3,(H,12,13,15). The number of hydrogen-bond donors (Lipinski definition) is 1. The Kier molecular flexibility index (Phi) is 2.71. The molecule has 0 spiro atoms. The van der Waals surface area contributed by atoms with Crippen LogP contribution in [0.2, 0.25) is 0 Å². The van der Waals surface area contributed by atoms with Gasteiger partial charge in [-0.15, -0.1) is 0 Å². The molecule has 1 aliphatic heterocycles. The molecule has 1 aliphatic rings. The quantitative estimate of drug-likeness (QED) is 0.855. The number of nitrogens with one attached hydrogen (secondary N) is 1. The summed E-state index contributed by atoms with van der Waals surface area (Å²) in [7, 11) is 1.78. The zero-order chi connectivity index (χ0) is 12.4. The van der Waals surface area contributed by atoms with Crippen molar-refractivity contribution in [3.05, 3.63) is 23.8 Å². The van der Waals surface area contributed by atoms with Crippen molar-refractivity contribution in [2.24, 2.45) is 7.05 Å². The SMILES string of the molecule is Cn1nnnc1NCc1ccc2c(c1)OCCO2. The average molecular weight is 247 g/mol. The molecule has 1 N–H and O–H groups in total. The fraction of sp³-hybridized carbons (Fsp3) is 0.364. The van der Waals surface area contributed by atoms with Gasteiger partial charge in [-0.3, -0.25) is 0 Å². The van der Waals surface area contributed by atoms with Crippen LogP contribution in [0.15, 0.2) is 18.2 Å². The minimum Gasteiger partial charge on any atom is -0.486 e. The zero-order valence-electron chi connectivity index (χ0n) is 9.96. The molecule has 0 saturated carbocycles. The van der Waals surface area contributed by atoms with Gasteiger partial charge in [0, 0.05) is 13.6 Å². The number of aryl methyl sites for hydroxylation is 1. The van der Waals surface area contributed by atoms with E-state index in [9.17, 15) is 0 Å². The summed E-state index contributed by atoms with van der Waals surface area (Å²) in [6, 6.07) is 5.87. The topological polar surface area (TPSA) is 74.1 Å². The summed E-state index contributed by atoms with van der Waals surface area (Å²) in [6.07, 6.45) is 0.